The molecule has 3 aromatic rings. The molecular weight excluding hydrogens is 517 g/mol. The van der Waals surface area contributed by atoms with Gasteiger partial charge in [0, 0.05) is 22.3 Å². The number of thioether (sulfide) groups is 1. The molecule has 1 heterocycles. The molecule has 0 aliphatic heterocycles. The first-order valence-corrected chi connectivity index (χ1v) is 12.3. The molecule has 1 aromatic heterocycles. The highest BCUT2D eigenvalue weighted by Gasteiger charge is 2.21. The van der Waals surface area contributed by atoms with Crippen molar-refractivity contribution in [1.29, 1.82) is 0 Å². The van der Waals surface area contributed by atoms with Crippen molar-refractivity contribution in [2.75, 3.05) is 11.1 Å². The molecule has 0 spiro atoms. The highest BCUT2D eigenvalue weighted by atomic mass is 35.5. The number of anilines is 1. The lowest BCUT2D eigenvalue weighted by Gasteiger charge is -2.16. The van der Waals surface area contributed by atoms with E-state index in [4.69, 9.17) is 34.8 Å². The molecule has 1 unspecified atom stereocenters. The van der Waals surface area contributed by atoms with Crippen molar-refractivity contribution in [3.8, 4) is 0 Å². The molecule has 2 aromatic carbocycles. The highest BCUT2D eigenvalue weighted by molar-refractivity contribution is 7.99. The SMILES string of the molecule is C=CCn1c(SCC(=O)Nc2ccc(Cl)cc2C)nnc1C(C)NC(=O)c1ccc(Cl)cc1Cl. The first-order valence-electron chi connectivity index (χ1n) is 10.2. The molecule has 0 aliphatic carbocycles. The van der Waals surface area contributed by atoms with Gasteiger partial charge in [-0.3, -0.25) is 9.59 Å². The third-order valence-electron chi connectivity index (χ3n) is 4.76. The number of aromatic nitrogens is 3. The first kappa shape index (κ1) is 26.1. The molecule has 2 amide bonds. The Labute approximate surface area is 216 Å². The third-order valence-corrected chi connectivity index (χ3v) is 6.51. The molecular formula is C23H22Cl3N5O2S. The average molecular weight is 539 g/mol. The van der Waals surface area contributed by atoms with Crippen molar-refractivity contribution in [1.82, 2.24) is 20.1 Å². The number of halogens is 3. The van der Waals surface area contributed by atoms with E-state index in [-0.39, 0.29) is 22.6 Å². The van der Waals surface area contributed by atoms with Crippen LogP contribution in [0.5, 0.6) is 0 Å². The summed E-state index contributed by atoms with van der Waals surface area (Å²) >= 11 is 19.3. The molecule has 34 heavy (non-hydrogen) atoms. The minimum absolute atomic E-state index is 0.123. The normalized spacial score (nSPS) is 11.7. The smallest absolute Gasteiger partial charge is 0.253 e. The molecule has 0 bridgehead atoms. The quantitative estimate of drug-likeness (QED) is 0.259. The van der Waals surface area contributed by atoms with E-state index in [1.54, 1.807) is 47.9 Å². The largest absolute Gasteiger partial charge is 0.342 e. The summed E-state index contributed by atoms with van der Waals surface area (Å²) in [6.07, 6.45) is 1.69. The van der Waals surface area contributed by atoms with Crippen LogP contribution in [-0.2, 0) is 11.3 Å². The predicted molar refractivity (Wildman–Crippen MR) is 138 cm³/mol. The van der Waals surface area contributed by atoms with Crippen LogP contribution in [0, 0.1) is 6.92 Å². The van der Waals surface area contributed by atoms with Crippen molar-refractivity contribution in [3.05, 3.63) is 81.1 Å². The lowest BCUT2D eigenvalue weighted by atomic mass is 10.2. The van der Waals surface area contributed by atoms with E-state index in [0.717, 1.165) is 5.56 Å². The van der Waals surface area contributed by atoms with Gasteiger partial charge in [0.1, 0.15) is 0 Å². The van der Waals surface area contributed by atoms with Gasteiger partial charge in [-0.05, 0) is 55.8 Å². The number of allylic oxidation sites excluding steroid dienone is 1. The maximum absolute atomic E-state index is 12.7. The van der Waals surface area contributed by atoms with Crippen LogP contribution < -0.4 is 10.6 Å². The van der Waals surface area contributed by atoms with E-state index in [1.165, 1.54) is 17.8 Å². The zero-order valence-electron chi connectivity index (χ0n) is 18.4. The summed E-state index contributed by atoms with van der Waals surface area (Å²) in [6.45, 7) is 7.84. The fraction of sp³-hybridized carbons (Fsp3) is 0.217. The number of carbonyl (C=O) groups excluding carboxylic acids is 2. The molecule has 11 heteroatoms. The van der Waals surface area contributed by atoms with E-state index in [2.05, 4.69) is 27.4 Å². The van der Waals surface area contributed by atoms with Crippen LogP contribution in [0.1, 0.15) is 34.7 Å². The van der Waals surface area contributed by atoms with Gasteiger partial charge in [-0.1, -0.05) is 52.6 Å². The van der Waals surface area contributed by atoms with Crippen LogP contribution in [0.3, 0.4) is 0 Å². The van der Waals surface area contributed by atoms with Gasteiger partial charge < -0.3 is 15.2 Å². The van der Waals surface area contributed by atoms with E-state index in [9.17, 15) is 9.59 Å². The number of rotatable bonds is 9. The Bertz CT molecular complexity index is 1230. The van der Waals surface area contributed by atoms with Crippen LogP contribution in [0.4, 0.5) is 5.69 Å². The second kappa shape index (κ2) is 11.8. The van der Waals surface area contributed by atoms with Crippen LogP contribution in [0.25, 0.3) is 0 Å². The molecule has 178 valence electrons. The maximum Gasteiger partial charge on any atom is 0.253 e. The summed E-state index contributed by atoms with van der Waals surface area (Å²) in [5.74, 6) is 0.0891. The van der Waals surface area contributed by atoms with Crippen molar-refractivity contribution in [2.24, 2.45) is 0 Å². The maximum atomic E-state index is 12.7. The minimum Gasteiger partial charge on any atom is -0.342 e. The number of hydrogen-bond donors (Lipinski definition) is 2. The summed E-state index contributed by atoms with van der Waals surface area (Å²) in [5, 5.41) is 16.0. The van der Waals surface area contributed by atoms with Crippen LogP contribution >= 0.6 is 46.6 Å². The molecule has 0 fully saturated rings. The fourth-order valence-electron chi connectivity index (χ4n) is 3.12. The molecule has 7 nitrogen and oxygen atoms in total. The molecule has 0 saturated carbocycles. The molecule has 1 atom stereocenters. The van der Waals surface area contributed by atoms with Gasteiger partial charge in [0.2, 0.25) is 5.91 Å². The Morgan fingerprint density at radius 3 is 2.53 bits per heavy atom. The number of nitrogens with zero attached hydrogens (tertiary/aromatic N) is 3. The Hall–Kier alpha value is -2.52. The topological polar surface area (TPSA) is 88.9 Å². The Morgan fingerprint density at radius 1 is 1.15 bits per heavy atom. The number of hydrogen-bond acceptors (Lipinski definition) is 5. The molecule has 2 N–H and O–H groups in total. The van der Waals surface area contributed by atoms with Gasteiger partial charge >= 0.3 is 0 Å². The molecule has 0 radical (unpaired) electrons. The van der Waals surface area contributed by atoms with E-state index in [0.29, 0.717) is 38.8 Å². The predicted octanol–water partition coefficient (Wildman–Crippen LogP) is 5.95. The number of benzene rings is 2. The molecule has 0 aliphatic rings. The monoisotopic (exact) mass is 537 g/mol. The van der Waals surface area contributed by atoms with Crippen LogP contribution in [0.15, 0.2) is 54.2 Å². The summed E-state index contributed by atoms with van der Waals surface area (Å²) in [5.41, 5.74) is 1.87. The van der Waals surface area contributed by atoms with Gasteiger partial charge in [-0.2, -0.15) is 0 Å². The number of carbonyl (C=O) groups is 2. The van der Waals surface area contributed by atoms with Crippen LogP contribution in [0.2, 0.25) is 15.1 Å². The second-order valence-corrected chi connectivity index (χ2v) is 9.58. The molecule has 0 saturated heterocycles. The van der Waals surface area contributed by atoms with Gasteiger partial charge in [0.25, 0.3) is 5.91 Å². The number of amides is 2. The standard InChI is InChI=1S/C23H22Cl3N5O2S/c1-4-9-31-21(14(3)27-22(33)17-7-5-16(25)11-18(17)26)29-30-23(31)34-12-20(32)28-19-8-6-15(24)10-13(19)2/h4-8,10-11,14H,1,9,12H2,2-3H3,(H,27,33)(H,28,32). The van der Waals surface area contributed by atoms with Crippen molar-refractivity contribution in [3.63, 3.8) is 0 Å². The zero-order valence-corrected chi connectivity index (χ0v) is 21.5. The van der Waals surface area contributed by atoms with Crippen molar-refractivity contribution in [2.45, 2.75) is 31.6 Å². The third kappa shape index (κ3) is 6.54. The first-order chi connectivity index (χ1) is 16.2. The van der Waals surface area contributed by atoms with Crippen molar-refractivity contribution < 1.29 is 9.59 Å². The minimum atomic E-state index is -0.480. The summed E-state index contributed by atoms with van der Waals surface area (Å²) in [4.78, 5) is 25.2. The Kier molecular flexibility index (Phi) is 9.02. The Balaban J connectivity index is 1.68. The lowest BCUT2D eigenvalue weighted by molar-refractivity contribution is -0.113. The van der Waals surface area contributed by atoms with E-state index >= 15 is 0 Å². The Morgan fingerprint density at radius 2 is 1.85 bits per heavy atom. The summed E-state index contributed by atoms with van der Waals surface area (Å²) in [6, 6.07) is 9.44. The van der Waals surface area contributed by atoms with E-state index < -0.39 is 6.04 Å². The second-order valence-electron chi connectivity index (χ2n) is 7.36. The average Bonchev–Trinajstić information content (AvgIpc) is 3.17. The van der Waals surface area contributed by atoms with Gasteiger partial charge in [-0.25, -0.2) is 0 Å². The fourth-order valence-corrected chi connectivity index (χ4v) is 4.60. The summed E-state index contributed by atoms with van der Waals surface area (Å²) in [7, 11) is 0. The van der Waals surface area contributed by atoms with Crippen LogP contribution in [-0.4, -0.2) is 32.3 Å². The summed E-state index contributed by atoms with van der Waals surface area (Å²) < 4.78 is 1.80. The van der Waals surface area contributed by atoms with Gasteiger partial charge in [0.05, 0.1) is 22.4 Å². The molecule has 3 rings (SSSR count). The van der Waals surface area contributed by atoms with E-state index in [1.807, 2.05) is 6.92 Å². The van der Waals surface area contributed by atoms with Gasteiger partial charge in [0.15, 0.2) is 11.0 Å². The zero-order chi connectivity index (χ0) is 24.8. The number of aryl methyl sites for hydroxylation is 1. The lowest BCUT2D eigenvalue weighted by Crippen LogP contribution is -2.29. The highest BCUT2D eigenvalue weighted by Crippen LogP contribution is 2.25. The van der Waals surface area contributed by atoms with Crippen molar-refractivity contribution >= 4 is 64.1 Å². The van der Waals surface area contributed by atoms with Gasteiger partial charge in [-0.15, -0.1) is 16.8 Å². The number of nitrogens with one attached hydrogen (secondary N) is 2.